The van der Waals surface area contributed by atoms with Gasteiger partial charge in [0, 0.05) is 13.1 Å². The molecular formula is C17H24N4O4. The van der Waals surface area contributed by atoms with Crippen LogP contribution in [0.2, 0.25) is 0 Å². The molecule has 1 aliphatic heterocycles. The van der Waals surface area contributed by atoms with E-state index < -0.39 is 11.9 Å². The fourth-order valence-electron chi connectivity index (χ4n) is 2.80. The molecule has 1 saturated heterocycles. The molecule has 8 heteroatoms. The number of carbonyl (C=O) groups is 3. The first kappa shape index (κ1) is 18.7. The third-order valence-corrected chi connectivity index (χ3v) is 4.15. The zero-order chi connectivity index (χ0) is 18.2. The summed E-state index contributed by atoms with van der Waals surface area (Å²) < 4.78 is 0. The zero-order valence-electron chi connectivity index (χ0n) is 14.0. The molecule has 2 rings (SSSR count). The number of phenols is 1. The van der Waals surface area contributed by atoms with Crippen molar-refractivity contribution < 1.29 is 19.5 Å². The number of nitrogens with two attached hydrogens (primary N) is 1. The van der Waals surface area contributed by atoms with Crippen LogP contribution in [0.4, 0.5) is 0 Å². The van der Waals surface area contributed by atoms with Crippen molar-refractivity contribution in [1.82, 2.24) is 15.5 Å². The molecule has 0 spiro atoms. The van der Waals surface area contributed by atoms with Crippen LogP contribution in [0.25, 0.3) is 0 Å². The van der Waals surface area contributed by atoms with E-state index in [1.807, 2.05) is 0 Å². The van der Waals surface area contributed by atoms with Crippen molar-refractivity contribution in [3.05, 3.63) is 29.8 Å². The fourth-order valence-corrected chi connectivity index (χ4v) is 2.80. The largest absolute Gasteiger partial charge is 0.508 e. The number of phenolic OH excluding ortho intramolecular Hbond substituents is 1. The number of likely N-dealkylation sites (tertiary alicyclic amines) is 1. The summed E-state index contributed by atoms with van der Waals surface area (Å²) >= 11 is 0. The Morgan fingerprint density at radius 3 is 2.60 bits per heavy atom. The zero-order valence-corrected chi connectivity index (χ0v) is 14.0. The van der Waals surface area contributed by atoms with Gasteiger partial charge in [0.05, 0.1) is 13.1 Å². The van der Waals surface area contributed by atoms with Crippen molar-refractivity contribution in [2.24, 2.45) is 5.73 Å². The number of nitrogens with zero attached hydrogens (tertiary/aromatic N) is 1. The number of benzene rings is 1. The van der Waals surface area contributed by atoms with Gasteiger partial charge in [0.1, 0.15) is 11.8 Å². The number of hydrogen-bond acceptors (Lipinski definition) is 5. The van der Waals surface area contributed by atoms with Gasteiger partial charge in [-0.1, -0.05) is 12.1 Å². The number of hydrogen-bond donors (Lipinski definition) is 4. The van der Waals surface area contributed by atoms with Gasteiger partial charge in [0.25, 0.3) is 0 Å². The number of aromatic hydroxyl groups is 1. The normalized spacial score (nSPS) is 16.5. The Labute approximate surface area is 146 Å². The van der Waals surface area contributed by atoms with Crippen LogP contribution in [0, 0.1) is 0 Å². The van der Waals surface area contributed by atoms with E-state index in [4.69, 9.17) is 5.73 Å². The first-order valence-electron chi connectivity index (χ1n) is 8.33. The van der Waals surface area contributed by atoms with Gasteiger partial charge in [-0.25, -0.2) is 0 Å². The lowest BCUT2D eigenvalue weighted by Gasteiger charge is -2.24. The summed E-state index contributed by atoms with van der Waals surface area (Å²) in [4.78, 5) is 37.2. The second-order valence-electron chi connectivity index (χ2n) is 5.93. The van der Waals surface area contributed by atoms with Crippen LogP contribution in [0.3, 0.4) is 0 Å². The molecule has 1 aromatic carbocycles. The van der Waals surface area contributed by atoms with Gasteiger partial charge >= 0.3 is 0 Å². The van der Waals surface area contributed by atoms with Crippen LogP contribution in [0.5, 0.6) is 5.75 Å². The second kappa shape index (κ2) is 9.03. The van der Waals surface area contributed by atoms with E-state index in [0.717, 1.165) is 12.0 Å². The minimum absolute atomic E-state index is 0.146. The van der Waals surface area contributed by atoms with Gasteiger partial charge in [0.2, 0.25) is 17.7 Å². The second-order valence-corrected chi connectivity index (χ2v) is 5.93. The summed E-state index contributed by atoms with van der Waals surface area (Å²) in [7, 11) is 0. The molecule has 1 fully saturated rings. The Morgan fingerprint density at radius 2 is 1.92 bits per heavy atom. The molecule has 1 heterocycles. The highest BCUT2D eigenvalue weighted by molar-refractivity contribution is 5.90. The summed E-state index contributed by atoms with van der Waals surface area (Å²) in [6.45, 7) is 0.640. The van der Waals surface area contributed by atoms with Gasteiger partial charge in [-0.05, 0) is 37.0 Å². The molecular weight excluding hydrogens is 324 g/mol. The van der Waals surface area contributed by atoms with E-state index in [2.05, 4.69) is 10.6 Å². The quantitative estimate of drug-likeness (QED) is 0.509. The monoisotopic (exact) mass is 348 g/mol. The van der Waals surface area contributed by atoms with Crippen LogP contribution >= 0.6 is 0 Å². The van der Waals surface area contributed by atoms with Crippen molar-refractivity contribution in [2.45, 2.75) is 25.3 Å². The van der Waals surface area contributed by atoms with Gasteiger partial charge in [-0.2, -0.15) is 0 Å². The van der Waals surface area contributed by atoms with Crippen LogP contribution < -0.4 is 16.4 Å². The Hall–Kier alpha value is -2.61. The molecule has 0 unspecified atom stereocenters. The third-order valence-electron chi connectivity index (χ3n) is 4.15. The van der Waals surface area contributed by atoms with E-state index in [0.29, 0.717) is 25.9 Å². The van der Waals surface area contributed by atoms with E-state index in [1.165, 1.54) is 4.90 Å². The average molecular weight is 348 g/mol. The van der Waals surface area contributed by atoms with Crippen molar-refractivity contribution in [3.8, 4) is 5.75 Å². The molecule has 1 aromatic rings. The number of rotatable bonds is 7. The topological polar surface area (TPSA) is 125 Å². The van der Waals surface area contributed by atoms with E-state index in [9.17, 15) is 19.5 Å². The lowest BCUT2D eigenvalue weighted by Crippen LogP contribution is -2.49. The van der Waals surface area contributed by atoms with E-state index in [1.54, 1.807) is 24.3 Å². The minimum atomic E-state index is -0.498. The van der Waals surface area contributed by atoms with Crippen molar-refractivity contribution >= 4 is 17.7 Å². The third kappa shape index (κ3) is 5.46. The fraction of sp³-hybridized carbons (Fsp3) is 0.471. The minimum Gasteiger partial charge on any atom is -0.508 e. The van der Waals surface area contributed by atoms with Crippen molar-refractivity contribution in [1.29, 1.82) is 0 Å². The molecule has 8 nitrogen and oxygen atoms in total. The van der Waals surface area contributed by atoms with Crippen molar-refractivity contribution in [3.63, 3.8) is 0 Å². The lowest BCUT2D eigenvalue weighted by molar-refractivity contribution is -0.138. The summed E-state index contributed by atoms with van der Waals surface area (Å²) in [5.74, 6) is -0.662. The molecule has 136 valence electrons. The lowest BCUT2D eigenvalue weighted by atomic mass is 10.1. The molecule has 0 bridgehead atoms. The maximum absolute atomic E-state index is 12.3. The highest BCUT2D eigenvalue weighted by Gasteiger charge is 2.33. The predicted octanol–water partition coefficient (Wildman–Crippen LogP) is -0.883. The summed E-state index contributed by atoms with van der Waals surface area (Å²) in [6, 6.07) is 6.30. The number of amides is 3. The first-order chi connectivity index (χ1) is 12.0. The van der Waals surface area contributed by atoms with Gasteiger partial charge in [0.15, 0.2) is 0 Å². The molecule has 0 saturated carbocycles. The number of carbonyl (C=O) groups excluding carboxylic acids is 3. The molecule has 1 aliphatic rings. The highest BCUT2D eigenvalue weighted by Crippen LogP contribution is 2.17. The van der Waals surface area contributed by atoms with Crippen LogP contribution in [0.15, 0.2) is 24.3 Å². The van der Waals surface area contributed by atoms with Gasteiger partial charge in [-0.3, -0.25) is 14.4 Å². The molecule has 0 aromatic heterocycles. The van der Waals surface area contributed by atoms with E-state index in [-0.39, 0.29) is 30.7 Å². The maximum Gasteiger partial charge on any atom is 0.242 e. The standard InChI is InChI=1S/C17H24N4O4/c18-10-15(23)20-11-16(24)21-9-1-2-14(21)17(25)19-8-7-12-3-5-13(22)6-4-12/h3-6,14,22H,1-2,7-11,18H2,(H,19,25)(H,20,23)/t14-/m0/s1. The molecule has 25 heavy (non-hydrogen) atoms. The van der Waals surface area contributed by atoms with Crippen LogP contribution in [0.1, 0.15) is 18.4 Å². The Kier molecular flexibility index (Phi) is 6.76. The number of nitrogens with one attached hydrogen (secondary N) is 2. The molecule has 0 aliphatic carbocycles. The predicted molar refractivity (Wildman–Crippen MR) is 91.6 cm³/mol. The maximum atomic E-state index is 12.3. The molecule has 0 radical (unpaired) electrons. The smallest absolute Gasteiger partial charge is 0.242 e. The van der Waals surface area contributed by atoms with E-state index >= 15 is 0 Å². The SMILES string of the molecule is NCC(=O)NCC(=O)N1CCC[C@H]1C(=O)NCCc1ccc(O)cc1. The molecule has 1 atom stereocenters. The summed E-state index contributed by atoms with van der Waals surface area (Å²) in [5, 5.41) is 14.5. The highest BCUT2D eigenvalue weighted by atomic mass is 16.3. The molecule has 5 N–H and O–H groups in total. The summed E-state index contributed by atoms with van der Waals surface area (Å²) in [5.41, 5.74) is 6.19. The molecule has 3 amide bonds. The van der Waals surface area contributed by atoms with Crippen molar-refractivity contribution in [2.75, 3.05) is 26.2 Å². The Bertz CT molecular complexity index is 618. The van der Waals surface area contributed by atoms with Crippen LogP contribution in [-0.2, 0) is 20.8 Å². The first-order valence-corrected chi connectivity index (χ1v) is 8.33. The summed E-state index contributed by atoms with van der Waals surface area (Å²) in [6.07, 6.45) is 2.01. The van der Waals surface area contributed by atoms with Gasteiger partial charge in [-0.15, -0.1) is 0 Å². The Morgan fingerprint density at radius 1 is 1.20 bits per heavy atom. The Balaban J connectivity index is 1.80. The average Bonchev–Trinajstić information content (AvgIpc) is 3.11. The van der Waals surface area contributed by atoms with Gasteiger partial charge < -0.3 is 26.4 Å². The van der Waals surface area contributed by atoms with Crippen LogP contribution in [-0.4, -0.2) is 59.9 Å².